The van der Waals surface area contributed by atoms with Gasteiger partial charge < -0.3 is 14.0 Å². The molecular formula is C26H19ClF3N5O3S. The number of aromatic nitrogens is 4. The van der Waals surface area contributed by atoms with Crippen LogP contribution in [0.4, 0.5) is 13.2 Å². The first kappa shape index (κ1) is 27.9. The number of methoxy groups -OCH3 is 1. The summed E-state index contributed by atoms with van der Waals surface area (Å²) in [5.74, 6) is 0.366. The maximum Gasteiger partial charge on any atom is 0.417 e. The predicted molar refractivity (Wildman–Crippen MR) is 138 cm³/mol. The van der Waals surface area contributed by atoms with Crippen molar-refractivity contribution >= 4 is 23.4 Å². The molecule has 0 fully saturated rings. The third-order valence-electron chi connectivity index (χ3n) is 5.39. The van der Waals surface area contributed by atoms with E-state index < -0.39 is 16.8 Å². The number of ether oxygens (including phenoxy) is 2. The van der Waals surface area contributed by atoms with Gasteiger partial charge >= 0.3 is 12.2 Å². The van der Waals surface area contributed by atoms with Crippen LogP contribution in [0.1, 0.15) is 27.8 Å². The highest BCUT2D eigenvalue weighted by Gasteiger charge is 2.33. The van der Waals surface area contributed by atoms with Crippen LogP contribution in [0.3, 0.4) is 0 Å². The van der Waals surface area contributed by atoms with Crippen LogP contribution in [-0.4, -0.2) is 26.6 Å². The van der Waals surface area contributed by atoms with Crippen LogP contribution in [0.2, 0.25) is 5.02 Å². The van der Waals surface area contributed by atoms with Gasteiger partial charge in [-0.2, -0.15) is 23.4 Å². The second kappa shape index (κ2) is 11.8. The zero-order valence-electron chi connectivity index (χ0n) is 20.5. The summed E-state index contributed by atoms with van der Waals surface area (Å²) in [5, 5.41) is 9.60. The minimum absolute atomic E-state index is 0.0964. The summed E-state index contributed by atoms with van der Waals surface area (Å²) < 4.78 is 51.7. The van der Waals surface area contributed by atoms with Crippen molar-refractivity contribution in [3.8, 4) is 23.6 Å². The summed E-state index contributed by atoms with van der Waals surface area (Å²) >= 11 is 6.95. The molecule has 0 aliphatic carbocycles. The average molecular weight is 574 g/mol. The van der Waals surface area contributed by atoms with Crippen molar-refractivity contribution < 1.29 is 22.6 Å². The minimum Gasteiger partial charge on any atom is -0.467 e. The fourth-order valence-corrected chi connectivity index (χ4v) is 4.60. The van der Waals surface area contributed by atoms with Crippen molar-refractivity contribution in [2.24, 2.45) is 7.05 Å². The van der Waals surface area contributed by atoms with Crippen molar-refractivity contribution in [3.05, 3.63) is 98.2 Å². The second-order valence-electron chi connectivity index (χ2n) is 8.19. The molecule has 0 bridgehead atoms. The van der Waals surface area contributed by atoms with E-state index in [2.05, 4.69) is 15.0 Å². The quantitative estimate of drug-likeness (QED) is 0.192. The number of halogens is 4. The first-order chi connectivity index (χ1) is 18.6. The Labute approximate surface area is 230 Å². The molecule has 39 heavy (non-hydrogen) atoms. The lowest BCUT2D eigenvalue weighted by molar-refractivity contribution is -0.137. The van der Waals surface area contributed by atoms with Gasteiger partial charge in [-0.25, -0.2) is 9.97 Å². The number of hydrogen-bond acceptors (Lipinski definition) is 8. The van der Waals surface area contributed by atoms with Gasteiger partial charge in [0.25, 0.3) is 5.56 Å². The van der Waals surface area contributed by atoms with Gasteiger partial charge in [-0.1, -0.05) is 29.4 Å². The predicted octanol–water partition coefficient (Wildman–Crippen LogP) is 5.80. The number of thioether (sulfide) groups is 1. The van der Waals surface area contributed by atoms with Crippen molar-refractivity contribution in [2.45, 2.75) is 23.5 Å². The van der Waals surface area contributed by atoms with Crippen LogP contribution in [-0.2, 0) is 25.4 Å². The SMILES string of the molecule is COc1ncc(Cc2cn(C)c(SCc3ccc(Oc4ccc(Cl)c(C(F)(F)F)c4)c(C#N)c3)nc2=O)cn1. The molecule has 0 radical (unpaired) electrons. The Bertz CT molecular complexity index is 1600. The van der Waals surface area contributed by atoms with Gasteiger partial charge in [-0.05, 0) is 41.5 Å². The monoisotopic (exact) mass is 573 g/mol. The molecule has 0 amide bonds. The van der Waals surface area contributed by atoms with Crippen LogP contribution >= 0.6 is 23.4 Å². The van der Waals surface area contributed by atoms with Gasteiger partial charge in [-0.3, -0.25) is 4.79 Å². The topological polar surface area (TPSA) is 103 Å². The zero-order valence-corrected chi connectivity index (χ0v) is 22.1. The maximum absolute atomic E-state index is 13.2. The van der Waals surface area contributed by atoms with Gasteiger partial charge in [0.1, 0.15) is 17.6 Å². The Morgan fingerprint density at radius 2 is 1.87 bits per heavy atom. The Balaban J connectivity index is 1.46. The van der Waals surface area contributed by atoms with E-state index in [1.807, 2.05) is 6.07 Å². The molecule has 0 aliphatic heterocycles. The lowest BCUT2D eigenvalue weighted by Crippen LogP contribution is -2.18. The summed E-state index contributed by atoms with van der Waals surface area (Å²) in [7, 11) is 3.23. The molecule has 0 spiro atoms. The van der Waals surface area contributed by atoms with Gasteiger partial charge in [0.15, 0.2) is 5.16 Å². The molecule has 0 saturated carbocycles. The van der Waals surface area contributed by atoms with Crippen molar-refractivity contribution in [1.82, 2.24) is 19.5 Å². The fraction of sp³-hybridized carbons (Fsp3) is 0.192. The number of rotatable bonds is 8. The van der Waals surface area contributed by atoms with E-state index in [-0.39, 0.29) is 28.6 Å². The molecule has 4 rings (SSSR count). The molecule has 200 valence electrons. The molecule has 0 saturated heterocycles. The highest BCUT2D eigenvalue weighted by atomic mass is 35.5. The van der Waals surface area contributed by atoms with E-state index >= 15 is 0 Å². The number of nitriles is 1. The van der Waals surface area contributed by atoms with Gasteiger partial charge in [0, 0.05) is 43.4 Å². The highest BCUT2D eigenvalue weighted by molar-refractivity contribution is 7.98. The number of benzene rings is 2. The van der Waals surface area contributed by atoms with E-state index in [1.165, 1.54) is 31.0 Å². The summed E-state index contributed by atoms with van der Waals surface area (Å²) in [6, 6.07) is 10.1. The van der Waals surface area contributed by atoms with Crippen molar-refractivity contribution in [2.75, 3.05) is 7.11 Å². The second-order valence-corrected chi connectivity index (χ2v) is 9.54. The average Bonchev–Trinajstić information content (AvgIpc) is 2.91. The largest absolute Gasteiger partial charge is 0.467 e. The normalized spacial score (nSPS) is 11.2. The lowest BCUT2D eigenvalue weighted by Gasteiger charge is -2.13. The maximum atomic E-state index is 13.2. The van der Waals surface area contributed by atoms with Crippen LogP contribution < -0.4 is 15.0 Å². The first-order valence-corrected chi connectivity index (χ1v) is 12.6. The van der Waals surface area contributed by atoms with Crippen LogP contribution in [0.15, 0.2) is 64.9 Å². The summed E-state index contributed by atoms with van der Waals surface area (Å²) in [5.41, 5.74) is 0.651. The van der Waals surface area contributed by atoms with Gasteiger partial charge in [0.05, 0.1) is 23.3 Å². The molecule has 0 unspecified atom stereocenters. The van der Waals surface area contributed by atoms with Gasteiger partial charge in [0.2, 0.25) is 0 Å². The molecule has 0 aliphatic rings. The Hall–Kier alpha value is -4.08. The fourth-order valence-electron chi connectivity index (χ4n) is 3.50. The van der Waals surface area contributed by atoms with Gasteiger partial charge in [-0.15, -0.1) is 0 Å². The number of aryl methyl sites for hydroxylation is 1. The molecule has 13 heteroatoms. The molecular weight excluding hydrogens is 555 g/mol. The molecule has 2 heterocycles. The molecule has 0 atom stereocenters. The Kier molecular flexibility index (Phi) is 8.42. The van der Waals surface area contributed by atoms with Crippen LogP contribution in [0, 0.1) is 11.3 Å². The van der Waals surface area contributed by atoms with E-state index in [0.717, 1.165) is 23.3 Å². The third-order valence-corrected chi connectivity index (χ3v) is 6.83. The standard InChI is InChI=1S/C26H19ClF3N5O3S/c1-35-13-18(8-16-11-32-24(37-2)33-12-16)23(36)34-25(35)39-14-15-3-6-22(17(7-15)10-31)38-19-4-5-21(27)20(9-19)26(28,29)30/h3-7,9,11-13H,8,14H2,1-2H3. The smallest absolute Gasteiger partial charge is 0.417 e. The summed E-state index contributed by atoms with van der Waals surface area (Å²) in [4.78, 5) is 24.9. The third kappa shape index (κ3) is 6.87. The number of alkyl halides is 3. The van der Waals surface area contributed by atoms with Crippen LogP contribution in [0.5, 0.6) is 17.5 Å². The molecule has 8 nitrogen and oxygen atoms in total. The summed E-state index contributed by atoms with van der Waals surface area (Å²) in [6.07, 6.45) is 0.513. The zero-order chi connectivity index (χ0) is 28.2. The number of hydrogen-bond donors (Lipinski definition) is 0. The first-order valence-electron chi connectivity index (χ1n) is 11.2. The Morgan fingerprint density at radius 3 is 2.54 bits per heavy atom. The highest BCUT2D eigenvalue weighted by Crippen LogP contribution is 2.38. The molecule has 4 aromatic rings. The summed E-state index contributed by atoms with van der Waals surface area (Å²) in [6.45, 7) is 0. The molecule has 2 aromatic carbocycles. The van der Waals surface area contributed by atoms with Crippen LogP contribution in [0.25, 0.3) is 0 Å². The van der Waals surface area contributed by atoms with Crippen molar-refractivity contribution in [3.63, 3.8) is 0 Å². The minimum atomic E-state index is -4.65. The van der Waals surface area contributed by atoms with E-state index in [9.17, 15) is 23.2 Å². The Morgan fingerprint density at radius 1 is 1.13 bits per heavy atom. The number of nitrogens with zero attached hydrogens (tertiary/aromatic N) is 5. The van der Waals surface area contributed by atoms with Crippen molar-refractivity contribution in [1.29, 1.82) is 5.26 Å². The molecule has 0 N–H and O–H groups in total. The van der Waals surface area contributed by atoms with E-state index in [1.54, 1.807) is 42.3 Å². The van der Waals surface area contributed by atoms with E-state index in [4.69, 9.17) is 21.1 Å². The van der Waals surface area contributed by atoms with E-state index in [0.29, 0.717) is 22.9 Å². The lowest BCUT2D eigenvalue weighted by atomic mass is 10.1. The molecule has 2 aromatic heterocycles.